The molecule has 0 aliphatic carbocycles. The number of aryl methyl sites for hydroxylation is 1. The van der Waals surface area contributed by atoms with E-state index in [1.807, 2.05) is 13.0 Å². The van der Waals surface area contributed by atoms with Crippen LogP contribution < -0.4 is 5.73 Å². The van der Waals surface area contributed by atoms with Gasteiger partial charge >= 0.3 is 0 Å². The van der Waals surface area contributed by atoms with Crippen LogP contribution >= 0.6 is 34.5 Å². The minimum absolute atomic E-state index is 0.530. The van der Waals surface area contributed by atoms with E-state index >= 15 is 0 Å². The SMILES string of the molecule is Cc1cc(N)n(-c2nc3c(Cl)cc(Cl)cc3s2)n1. The summed E-state index contributed by atoms with van der Waals surface area (Å²) >= 11 is 13.5. The van der Waals surface area contributed by atoms with Crippen LogP contribution in [0.4, 0.5) is 5.82 Å². The van der Waals surface area contributed by atoms with Gasteiger partial charge in [0.2, 0.25) is 5.13 Å². The Morgan fingerprint density at radius 3 is 2.72 bits per heavy atom. The Morgan fingerprint density at radius 1 is 1.28 bits per heavy atom. The summed E-state index contributed by atoms with van der Waals surface area (Å²) in [7, 11) is 0. The second-order valence-electron chi connectivity index (χ2n) is 3.85. The lowest BCUT2D eigenvalue weighted by Crippen LogP contribution is -2.00. The molecule has 18 heavy (non-hydrogen) atoms. The number of anilines is 1. The molecule has 0 unspecified atom stereocenters. The molecule has 7 heteroatoms. The summed E-state index contributed by atoms with van der Waals surface area (Å²) in [4.78, 5) is 4.45. The number of nitrogen functional groups attached to an aromatic ring is 1. The highest BCUT2D eigenvalue weighted by atomic mass is 35.5. The van der Waals surface area contributed by atoms with Crippen molar-refractivity contribution < 1.29 is 0 Å². The summed E-state index contributed by atoms with van der Waals surface area (Å²) in [5.41, 5.74) is 7.43. The normalized spacial score (nSPS) is 11.3. The Hall–Kier alpha value is -1.30. The van der Waals surface area contributed by atoms with Crippen molar-refractivity contribution in [1.29, 1.82) is 0 Å². The van der Waals surface area contributed by atoms with Gasteiger partial charge in [0, 0.05) is 11.1 Å². The van der Waals surface area contributed by atoms with Crippen LogP contribution in [0.3, 0.4) is 0 Å². The fourth-order valence-corrected chi connectivity index (χ4v) is 3.37. The second-order valence-corrected chi connectivity index (χ2v) is 5.71. The van der Waals surface area contributed by atoms with E-state index < -0.39 is 0 Å². The number of thiazole rings is 1. The minimum atomic E-state index is 0.530. The van der Waals surface area contributed by atoms with Crippen LogP contribution in [-0.4, -0.2) is 14.8 Å². The minimum Gasteiger partial charge on any atom is -0.383 e. The summed E-state index contributed by atoms with van der Waals surface area (Å²) in [6.07, 6.45) is 0. The molecular weight excluding hydrogens is 291 g/mol. The van der Waals surface area contributed by atoms with Crippen LogP contribution in [0.15, 0.2) is 18.2 Å². The Labute approximate surface area is 117 Å². The molecule has 0 amide bonds. The molecule has 0 saturated carbocycles. The van der Waals surface area contributed by atoms with Crippen LogP contribution in [0.5, 0.6) is 0 Å². The van der Waals surface area contributed by atoms with Gasteiger partial charge in [0.15, 0.2) is 0 Å². The van der Waals surface area contributed by atoms with Gasteiger partial charge in [-0.05, 0) is 19.1 Å². The maximum Gasteiger partial charge on any atom is 0.213 e. The molecule has 4 nitrogen and oxygen atoms in total. The Kier molecular flexibility index (Phi) is 2.69. The molecule has 3 aromatic rings. The number of hydrogen-bond acceptors (Lipinski definition) is 4. The third-order valence-electron chi connectivity index (χ3n) is 2.44. The molecule has 2 N–H and O–H groups in total. The Morgan fingerprint density at radius 2 is 2.06 bits per heavy atom. The largest absolute Gasteiger partial charge is 0.383 e. The van der Waals surface area contributed by atoms with Crippen molar-refractivity contribution in [2.24, 2.45) is 0 Å². The van der Waals surface area contributed by atoms with Crippen molar-refractivity contribution in [2.45, 2.75) is 6.92 Å². The van der Waals surface area contributed by atoms with Gasteiger partial charge < -0.3 is 5.73 Å². The lowest BCUT2D eigenvalue weighted by atomic mass is 10.3. The Balaban J connectivity index is 2.25. The maximum absolute atomic E-state index is 6.11. The van der Waals surface area contributed by atoms with Gasteiger partial charge in [-0.1, -0.05) is 34.5 Å². The van der Waals surface area contributed by atoms with E-state index in [9.17, 15) is 0 Å². The van der Waals surface area contributed by atoms with Gasteiger partial charge in [0.05, 0.1) is 15.4 Å². The van der Waals surface area contributed by atoms with Gasteiger partial charge in [-0.2, -0.15) is 9.78 Å². The van der Waals surface area contributed by atoms with Gasteiger partial charge in [0.25, 0.3) is 0 Å². The molecule has 1 aromatic carbocycles. The van der Waals surface area contributed by atoms with Crippen molar-refractivity contribution in [2.75, 3.05) is 5.73 Å². The molecule has 0 radical (unpaired) electrons. The monoisotopic (exact) mass is 298 g/mol. The summed E-state index contributed by atoms with van der Waals surface area (Å²) < 4.78 is 2.51. The summed E-state index contributed by atoms with van der Waals surface area (Å²) in [5, 5.41) is 6.09. The van der Waals surface area contributed by atoms with Crippen molar-refractivity contribution >= 4 is 50.6 Å². The molecule has 0 atom stereocenters. The molecule has 2 heterocycles. The summed E-state index contributed by atoms with van der Waals surface area (Å²) in [6, 6.07) is 5.30. The highest BCUT2D eigenvalue weighted by Gasteiger charge is 2.12. The van der Waals surface area contributed by atoms with E-state index in [0.717, 1.165) is 10.4 Å². The van der Waals surface area contributed by atoms with Crippen LogP contribution in [0, 0.1) is 6.92 Å². The number of rotatable bonds is 1. The zero-order valence-electron chi connectivity index (χ0n) is 9.32. The molecule has 0 spiro atoms. The number of nitrogens with two attached hydrogens (primary N) is 1. The second kappa shape index (κ2) is 4.12. The standard InChI is InChI=1S/C11H8Cl2N4S/c1-5-2-9(14)17(16-5)11-15-10-7(13)3-6(12)4-8(10)18-11/h2-4H,14H2,1H3. The van der Waals surface area contributed by atoms with Gasteiger partial charge in [-0.15, -0.1) is 0 Å². The lowest BCUT2D eigenvalue weighted by Gasteiger charge is -1.96. The lowest BCUT2D eigenvalue weighted by molar-refractivity contribution is 0.865. The number of hydrogen-bond donors (Lipinski definition) is 1. The summed E-state index contributed by atoms with van der Waals surface area (Å²) in [6.45, 7) is 1.88. The third kappa shape index (κ3) is 1.84. The molecule has 3 rings (SSSR count). The molecule has 0 aliphatic heterocycles. The fourth-order valence-electron chi connectivity index (χ4n) is 1.71. The molecule has 0 bridgehead atoms. The number of benzene rings is 1. The van der Waals surface area contributed by atoms with Crippen molar-refractivity contribution in [3.8, 4) is 5.13 Å². The van der Waals surface area contributed by atoms with Gasteiger partial charge in [-0.25, -0.2) is 4.98 Å². The first-order valence-electron chi connectivity index (χ1n) is 5.12. The average molecular weight is 299 g/mol. The predicted octanol–water partition coefficient (Wildman–Crippen LogP) is 3.68. The van der Waals surface area contributed by atoms with Crippen LogP contribution in [0.25, 0.3) is 15.3 Å². The first-order chi connectivity index (χ1) is 8.54. The van der Waals surface area contributed by atoms with Crippen LogP contribution in [0.1, 0.15) is 5.69 Å². The van der Waals surface area contributed by atoms with E-state index in [4.69, 9.17) is 28.9 Å². The van der Waals surface area contributed by atoms with Gasteiger partial charge in [0.1, 0.15) is 11.3 Å². The molecule has 2 aromatic heterocycles. The number of fused-ring (bicyclic) bond motifs is 1. The molecule has 0 aliphatic rings. The van der Waals surface area contributed by atoms with Crippen LogP contribution in [0.2, 0.25) is 10.0 Å². The van der Waals surface area contributed by atoms with Gasteiger partial charge in [-0.3, -0.25) is 0 Å². The zero-order chi connectivity index (χ0) is 12.9. The fraction of sp³-hybridized carbons (Fsp3) is 0.0909. The van der Waals surface area contributed by atoms with E-state index in [-0.39, 0.29) is 0 Å². The Bertz CT molecular complexity index is 747. The molecular formula is C11H8Cl2N4S. The van der Waals surface area contributed by atoms with E-state index in [1.165, 1.54) is 11.3 Å². The smallest absolute Gasteiger partial charge is 0.213 e. The van der Waals surface area contributed by atoms with Crippen molar-refractivity contribution in [3.63, 3.8) is 0 Å². The quantitative estimate of drug-likeness (QED) is 0.745. The number of halogens is 2. The summed E-state index contributed by atoms with van der Waals surface area (Å²) in [5.74, 6) is 0.550. The number of aromatic nitrogens is 3. The van der Waals surface area contributed by atoms with Crippen LogP contribution in [-0.2, 0) is 0 Å². The van der Waals surface area contributed by atoms with Crippen molar-refractivity contribution in [1.82, 2.24) is 14.8 Å². The molecule has 0 fully saturated rings. The van der Waals surface area contributed by atoms with E-state index in [2.05, 4.69) is 10.1 Å². The average Bonchev–Trinajstić information content (AvgIpc) is 2.81. The predicted molar refractivity (Wildman–Crippen MR) is 75.9 cm³/mol. The molecule has 0 saturated heterocycles. The maximum atomic E-state index is 6.11. The van der Waals surface area contributed by atoms with E-state index in [1.54, 1.807) is 16.8 Å². The highest BCUT2D eigenvalue weighted by molar-refractivity contribution is 7.21. The molecule has 92 valence electrons. The first-order valence-corrected chi connectivity index (χ1v) is 6.70. The topological polar surface area (TPSA) is 56.7 Å². The van der Waals surface area contributed by atoms with Crippen molar-refractivity contribution in [3.05, 3.63) is 33.9 Å². The highest BCUT2D eigenvalue weighted by Crippen LogP contribution is 2.33. The number of nitrogens with zero attached hydrogens (tertiary/aromatic N) is 3. The van der Waals surface area contributed by atoms with E-state index in [0.29, 0.717) is 26.5 Å². The third-order valence-corrected chi connectivity index (χ3v) is 3.93. The zero-order valence-corrected chi connectivity index (χ0v) is 11.6. The first kappa shape index (κ1) is 11.8.